The zero-order chi connectivity index (χ0) is 20.5. The van der Waals surface area contributed by atoms with Crippen LogP contribution in [0.25, 0.3) is 22.3 Å². The second kappa shape index (κ2) is 7.76. The van der Waals surface area contributed by atoms with Gasteiger partial charge in [-0.2, -0.15) is 5.10 Å². The topological polar surface area (TPSA) is 44.1 Å². The average Bonchev–Trinajstić information content (AvgIpc) is 3.46. The van der Waals surface area contributed by atoms with Crippen LogP contribution in [0.3, 0.4) is 0 Å². The average molecular weight is 413 g/mol. The van der Waals surface area contributed by atoms with E-state index in [1.807, 2.05) is 76.9 Å². The molecule has 0 bridgehead atoms. The van der Waals surface area contributed by atoms with Crippen LogP contribution in [-0.2, 0) is 6.42 Å². The van der Waals surface area contributed by atoms with Crippen LogP contribution in [-0.4, -0.2) is 22.7 Å². The summed E-state index contributed by atoms with van der Waals surface area (Å²) in [5.41, 5.74) is 5.48. The van der Waals surface area contributed by atoms with Crippen LogP contribution in [0, 0.1) is 0 Å². The fourth-order valence-corrected chi connectivity index (χ4v) is 4.55. The van der Waals surface area contributed by atoms with Gasteiger partial charge in [-0.25, -0.2) is 4.68 Å². The molecular formula is C25H20N2O2S. The predicted octanol–water partition coefficient (Wildman–Crippen LogP) is 5.82. The first-order chi connectivity index (χ1) is 14.7. The molecule has 0 aliphatic heterocycles. The van der Waals surface area contributed by atoms with E-state index in [2.05, 4.69) is 6.07 Å². The molecule has 5 heteroatoms. The first kappa shape index (κ1) is 18.6. The van der Waals surface area contributed by atoms with Crippen LogP contribution in [0.1, 0.15) is 27.9 Å². The summed E-state index contributed by atoms with van der Waals surface area (Å²) in [7, 11) is 1.65. The summed E-state index contributed by atoms with van der Waals surface area (Å²) in [6.07, 6.45) is 5.55. The SMILES string of the molecule is COc1ccc2c(c1)CCC(=Cc1cn(-c3ccccc3)nc1-c1cccs1)C2=O. The highest BCUT2D eigenvalue weighted by molar-refractivity contribution is 7.13. The molecular weight excluding hydrogens is 392 g/mol. The van der Waals surface area contributed by atoms with Crippen LogP contribution < -0.4 is 4.74 Å². The third-order valence-electron chi connectivity index (χ3n) is 5.36. The molecule has 0 fully saturated rings. The fraction of sp³-hybridized carbons (Fsp3) is 0.120. The summed E-state index contributed by atoms with van der Waals surface area (Å²) in [6.45, 7) is 0. The number of para-hydroxylation sites is 1. The Morgan fingerprint density at radius 2 is 1.93 bits per heavy atom. The molecule has 0 atom stereocenters. The molecule has 4 aromatic rings. The highest BCUT2D eigenvalue weighted by atomic mass is 32.1. The van der Waals surface area contributed by atoms with E-state index < -0.39 is 0 Å². The van der Waals surface area contributed by atoms with Crippen molar-refractivity contribution in [2.75, 3.05) is 7.11 Å². The maximum Gasteiger partial charge on any atom is 0.189 e. The van der Waals surface area contributed by atoms with Crippen LogP contribution in [0.5, 0.6) is 5.75 Å². The number of hydrogen-bond donors (Lipinski definition) is 0. The molecule has 0 spiro atoms. The fourth-order valence-electron chi connectivity index (χ4n) is 3.82. The standard InChI is InChI=1S/C25H20N2O2S/c1-29-21-11-12-22-17(15-21)9-10-18(25(22)28)14-19-16-27(20-6-3-2-4-7-20)26-24(19)23-8-5-13-30-23/h2-8,11-16H,9-10H2,1H3. The summed E-state index contributed by atoms with van der Waals surface area (Å²) in [6, 6.07) is 19.8. The minimum Gasteiger partial charge on any atom is -0.497 e. The number of ether oxygens (including phenoxy) is 1. The lowest BCUT2D eigenvalue weighted by molar-refractivity contribution is 0.102. The first-order valence-electron chi connectivity index (χ1n) is 9.84. The van der Waals surface area contributed by atoms with Gasteiger partial charge in [0.2, 0.25) is 0 Å². The Morgan fingerprint density at radius 1 is 1.07 bits per heavy atom. The summed E-state index contributed by atoms with van der Waals surface area (Å²) >= 11 is 1.65. The van der Waals surface area contributed by atoms with E-state index in [1.54, 1.807) is 18.4 Å². The smallest absolute Gasteiger partial charge is 0.189 e. The normalized spacial score (nSPS) is 14.7. The van der Waals surface area contributed by atoms with Crippen molar-refractivity contribution in [3.8, 4) is 22.0 Å². The minimum atomic E-state index is 0.0866. The molecule has 0 amide bonds. The van der Waals surface area contributed by atoms with Gasteiger partial charge in [0.05, 0.1) is 17.7 Å². The van der Waals surface area contributed by atoms with Gasteiger partial charge in [-0.15, -0.1) is 11.3 Å². The Kier molecular flexibility index (Phi) is 4.81. The molecule has 148 valence electrons. The number of hydrogen-bond acceptors (Lipinski definition) is 4. The molecule has 0 N–H and O–H groups in total. The zero-order valence-corrected chi connectivity index (χ0v) is 17.4. The van der Waals surface area contributed by atoms with Crippen LogP contribution in [0.15, 0.2) is 77.8 Å². The van der Waals surface area contributed by atoms with Crippen molar-refractivity contribution in [1.82, 2.24) is 9.78 Å². The Balaban J connectivity index is 1.57. The van der Waals surface area contributed by atoms with Crippen molar-refractivity contribution in [3.05, 3.63) is 94.5 Å². The molecule has 1 aliphatic rings. The van der Waals surface area contributed by atoms with Crippen molar-refractivity contribution in [3.63, 3.8) is 0 Å². The monoisotopic (exact) mass is 412 g/mol. The number of carbonyl (C=O) groups is 1. The number of Topliss-reactive ketones (excluding diaryl/α,β-unsaturated/α-hetero) is 1. The summed E-state index contributed by atoms with van der Waals surface area (Å²) in [5.74, 6) is 0.876. The Hall–Kier alpha value is -3.44. The van der Waals surface area contributed by atoms with E-state index in [0.29, 0.717) is 6.42 Å². The number of nitrogens with zero attached hydrogens (tertiary/aromatic N) is 2. The number of rotatable bonds is 4. The van der Waals surface area contributed by atoms with Crippen molar-refractivity contribution in [2.24, 2.45) is 0 Å². The van der Waals surface area contributed by atoms with Crippen LogP contribution in [0.4, 0.5) is 0 Å². The third kappa shape index (κ3) is 3.37. The maximum absolute atomic E-state index is 13.2. The number of aryl methyl sites for hydroxylation is 1. The van der Waals surface area contributed by atoms with Gasteiger partial charge in [0, 0.05) is 22.9 Å². The van der Waals surface area contributed by atoms with Gasteiger partial charge >= 0.3 is 0 Å². The van der Waals surface area contributed by atoms with Gasteiger partial charge in [-0.05, 0) is 66.3 Å². The summed E-state index contributed by atoms with van der Waals surface area (Å²) in [5, 5.41) is 6.88. The molecule has 30 heavy (non-hydrogen) atoms. The number of thiophene rings is 1. The largest absolute Gasteiger partial charge is 0.497 e. The van der Waals surface area contributed by atoms with Crippen LogP contribution >= 0.6 is 11.3 Å². The number of carbonyl (C=O) groups excluding carboxylic acids is 1. The number of allylic oxidation sites excluding steroid dienone is 1. The zero-order valence-electron chi connectivity index (χ0n) is 16.5. The predicted molar refractivity (Wildman–Crippen MR) is 120 cm³/mol. The van der Waals surface area contributed by atoms with Crippen molar-refractivity contribution >= 4 is 23.2 Å². The number of methoxy groups -OCH3 is 1. The number of benzene rings is 2. The third-order valence-corrected chi connectivity index (χ3v) is 6.24. The molecule has 0 saturated heterocycles. The Bertz CT molecular complexity index is 1240. The van der Waals surface area contributed by atoms with Gasteiger partial charge in [0.15, 0.2) is 5.78 Å². The highest BCUT2D eigenvalue weighted by Crippen LogP contribution is 2.33. The summed E-state index contributed by atoms with van der Waals surface area (Å²) in [4.78, 5) is 14.2. The van der Waals surface area contributed by atoms with Gasteiger partial charge < -0.3 is 4.74 Å². The lowest BCUT2D eigenvalue weighted by Gasteiger charge is -2.18. The van der Waals surface area contributed by atoms with E-state index in [1.165, 1.54) is 0 Å². The molecule has 0 saturated carbocycles. The molecule has 1 aliphatic carbocycles. The van der Waals surface area contributed by atoms with E-state index in [-0.39, 0.29) is 5.78 Å². The lowest BCUT2D eigenvalue weighted by atomic mass is 9.86. The minimum absolute atomic E-state index is 0.0866. The van der Waals surface area contributed by atoms with Crippen molar-refractivity contribution in [1.29, 1.82) is 0 Å². The quantitative estimate of drug-likeness (QED) is 0.397. The Morgan fingerprint density at radius 3 is 2.70 bits per heavy atom. The van der Waals surface area contributed by atoms with Gasteiger partial charge in [-0.3, -0.25) is 4.79 Å². The number of ketones is 1. The molecule has 2 aromatic heterocycles. The molecule has 5 rings (SSSR count). The molecule has 4 nitrogen and oxygen atoms in total. The lowest BCUT2D eigenvalue weighted by Crippen LogP contribution is -2.14. The number of fused-ring (bicyclic) bond motifs is 1. The van der Waals surface area contributed by atoms with Crippen molar-refractivity contribution < 1.29 is 9.53 Å². The van der Waals surface area contributed by atoms with Crippen molar-refractivity contribution in [2.45, 2.75) is 12.8 Å². The van der Waals surface area contributed by atoms with Crippen LogP contribution in [0.2, 0.25) is 0 Å². The maximum atomic E-state index is 13.2. The second-order valence-electron chi connectivity index (χ2n) is 7.21. The number of aromatic nitrogens is 2. The Labute approximate surface area is 179 Å². The van der Waals surface area contributed by atoms with Gasteiger partial charge in [0.1, 0.15) is 11.4 Å². The molecule has 0 unspecified atom stereocenters. The van der Waals surface area contributed by atoms with E-state index >= 15 is 0 Å². The van der Waals surface area contributed by atoms with E-state index in [9.17, 15) is 4.79 Å². The van der Waals surface area contributed by atoms with E-state index in [4.69, 9.17) is 9.84 Å². The molecule has 0 radical (unpaired) electrons. The van der Waals surface area contributed by atoms with Gasteiger partial charge in [0.25, 0.3) is 0 Å². The molecule has 2 heterocycles. The van der Waals surface area contributed by atoms with Gasteiger partial charge in [-0.1, -0.05) is 24.3 Å². The highest BCUT2D eigenvalue weighted by Gasteiger charge is 2.23. The second-order valence-corrected chi connectivity index (χ2v) is 8.16. The summed E-state index contributed by atoms with van der Waals surface area (Å²) < 4.78 is 7.19. The van der Waals surface area contributed by atoms with E-state index in [0.717, 1.165) is 50.7 Å². The first-order valence-corrected chi connectivity index (χ1v) is 10.7. The molecule has 2 aromatic carbocycles.